The molecule has 5 rings (SSSR count). The lowest BCUT2D eigenvalue weighted by atomic mass is 10.2. The summed E-state index contributed by atoms with van der Waals surface area (Å²) in [5.41, 5.74) is 1.90. The lowest BCUT2D eigenvalue weighted by Crippen LogP contribution is -2.40. The average Bonchev–Trinajstić information content (AvgIpc) is 3.46. The third kappa shape index (κ3) is 2.99. The van der Waals surface area contributed by atoms with Gasteiger partial charge in [0.05, 0.1) is 17.3 Å². The van der Waals surface area contributed by atoms with Gasteiger partial charge in [-0.05, 0) is 44.3 Å². The predicted molar refractivity (Wildman–Crippen MR) is 111 cm³/mol. The molecule has 2 aliphatic rings. The molecule has 0 spiro atoms. The highest BCUT2D eigenvalue weighted by atomic mass is 32.2. The topological polar surface area (TPSA) is 50.1 Å². The van der Waals surface area contributed by atoms with E-state index >= 15 is 0 Å². The van der Waals surface area contributed by atoms with Gasteiger partial charge in [0.1, 0.15) is 12.1 Å². The predicted octanol–water partition coefficient (Wildman–Crippen LogP) is 2.83. The van der Waals surface area contributed by atoms with Crippen LogP contribution in [0.4, 0.5) is 5.82 Å². The molecule has 3 aromatic rings. The number of benzene rings is 1. The number of para-hydroxylation sites is 1. The van der Waals surface area contributed by atoms with Crippen LogP contribution in [0.15, 0.2) is 42.9 Å². The van der Waals surface area contributed by atoms with E-state index in [2.05, 4.69) is 43.3 Å². The second-order valence-electron chi connectivity index (χ2n) is 7.32. The fraction of sp³-hybridized carbons (Fsp3) is 0.450. The number of hydrogen-bond donors (Lipinski definition) is 0. The molecule has 140 valence electrons. The van der Waals surface area contributed by atoms with Crippen LogP contribution < -0.4 is 4.90 Å². The maximum atomic E-state index is 4.66. The van der Waals surface area contributed by atoms with Gasteiger partial charge in [0.15, 0.2) is 5.65 Å². The molecule has 0 N–H and O–H groups in total. The van der Waals surface area contributed by atoms with Crippen LogP contribution in [-0.4, -0.2) is 68.4 Å². The van der Waals surface area contributed by atoms with Crippen molar-refractivity contribution in [2.75, 3.05) is 37.3 Å². The number of rotatable bonds is 4. The summed E-state index contributed by atoms with van der Waals surface area (Å²) >= 11 is 1.99. The lowest BCUT2D eigenvalue weighted by Gasteiger charge is -2.27. The molecule has 2 fully saturated rings. The zero-order valence-corrected chi connectivity index (χ0v) is 16.3. The van der Waals surface area contributed by atoms with Crippen LogP contribution in [0, 0.1) is 0 Å². The molecular formula is C20H24N6S. The van der Waals surface area contributed by atoms with Gasteiger partial charge < -0.3 is 4.90 Å². The average molecular weight is 381 g/mol. The van der Waals surface area contributed by atoms with Gasteiger partial charge in [-0.2, -0.15) is 16.9 Å². The smallest absolute Gasteiger partial charge is 0.168 e. The van der Waals surface area contributed by atoms with Crippen molar-refractivity contribution in [3.05, 3.63) is 42.9 Å². The SMILES string of the molecule is CS[C@@H]1CN(c2ncnc3c2cnn3-c2ccccc2)C[C@@H]1N1CCCC1. The largest absolute Gasteiger partial charge is 0.353 e. The minimum Gasteiger partial charge on any atom is -0.353 e. The summed E-state index contributed by atoms with van der Waals surface area (Å²) in [6.07, 6.45) is 8.49. The van der Waals surface area contributed by atoms with Crippen LogP contribution in [0.1, 0.15) is 12.8 Å². The monoisotopic (exact) mass is 380 g/mol. The second kappa shape index (κ2) is 7.13. The van der Waals surface area contributed by atoms with Crippen LogP contribution in [-0.2, 0) is 0 Å². The molecule has 0 bridgehead atoms. The first-order chi connectivity index (χ1) is 13.3. The Bertz CT molecular complexity index is 921. The number of hydrogen-bond acceptors (Lipinski definition) is 6. The summed E-state index contributed by atoms with van der Waals surface area (Å²) in [6, 6.07) is 10.8. The number of aromatic nitrogens is 4. The number of thioether (sulfide) groups is 1. The Balaban J connectivity index is 1.49. The van der Waals surface area contributed by atoms with E-state index < -0.39 is 0 Å². The van der Waals surface area contributed by atoms with Crippen molar-refractivity contribution in [1.29, 1.82) is 0 Å². The van der Waals surface area contributed by atoms with Crippen molar-refractivity contribution in [2.45, 2.75) is 24.1 Å². The molecule has 4 heterocycles. The van der Waals surface area contributed by atoms with Gasteiger partial charge in [0, 0.05) is 24.4 Å². The van der Waals surface area contributed by atoms with Crippen molar-refractivity contribution in [2.24, 2.45) is 0 Å². The Morgan fingerprint density at radius 3 is 2.63 bits per heavy atom. The molecule has 0 saturated carbocycles. The first-order valence-corrected chi connectivity index (χ1v) is 10.9. The second-order valence-corrected chi connectivity index (χ2v) is 8.39. The number of likely N-dealkylation sites (tertiary alicyclic amines) is 1. The van der Waals surface area contributed by atoms with Crippen molar-refractivity contribution in [1.82, 2.24) is 24.6 Å². The fourth-order valence-corrected chi connectivity index (χ4v) is 5.33. The van der Waals surface area contributed by atoms with Crippen LogP contribution in [0.5, 0.6) is 0 Å². The quantitative estimate of drug-likeness (QED) is 0.694. The summed E-state index contributed by atoms with van der Waals surface area (Å²) < 4.78 is 1.90. The number of nitrogens with zero attached hydrogens (tertiary/aromatic N) is 6. The van der Waals surface area contributed by atoms with E-state index in [0.717, 1.165) is 35.6 Å². The van der Waals surface area contributed by atoms with Crippen molar-refractivity contribution < 1.29 is 0 Å². The van der Waals surface area contributed by atoms with E-state index in [4.69, 9.17) is 0 Å². The molecule has 2 atom stereocenters. The van der Waals surface area contributed by atoms with Gasteiger partial charge in [0.25, 0.3) is 0 Å². The standard InChI is InChI=1S/C20H24N6S/c1-27-18-13-25(12-17(18)24-9-5-6-10-24)19-16-11-23-26(20(16)22-14-21-19)15-7-3-2-4-8-15/h2-4,7-8,11,14,17-18H,5-6,9-10,12-13H2,1H3/t17-,18+/m0/s1. The molecule has 0 unspecified atom stereocenters. The van der Waals surface area contributed by atoms with Crippen molar-refractivity contribution >= 4 is 28.6 Å². The molecule has 0 radical (unpaired) electrons. The van der Waals surface area contributed by atoms with Crippen LogP contribution in [0.2, 0.25) is 0 Å². The zero-order valence-electron chi connectivity index (χ0n) is 15.5. The minimum absolute atomic E-state index is 0.608. The van der Waals surface area contributed by atoms with Gasteiger partial charge in [-0.3, -0.25) is 4.90 Å². The normalized spacial score (nSPS) is 23.5. The molecule has 0 amide bonds. The van der Waals surface area contributed by atoms with Crippen molar-refractivity contribution in [3.8, 4) is 5.69 Å². The third-order valence-electron chi connectivity index (χ3n) is 5.79. The maximum absolute atomic E-state index is 4.66. The molecule has 1 aromatic carbocycles. The van der Waals surface area contributed by atoms with E-state index in [0.29, 0.717) is 11.3 Å². The van der Waals surface area contributed by atoms with E-state index in [1.807, 2.05) is 40.8 Å². The maximum Gasteiger partial charge on any atom is 0.168 e. The highest BCUT2D eigenvalue weighted by Crippen LogP contribution is 2.33. The highest BCUT2D eigenvalue weighted by molar-refractivity contribution is 7.99. The first kappa shape index (κ1) is 17.0. The van der Waals surface area contributed by atoms with Gasteiger partial charge in [-0.15, -0.1) is 0 Å². The Labute approximate surface area is 163 Å². The fourth-order valence-electron chi connectivity index (χ4n) is 4.43. The lowest BCUT2D eigenvalue weighted by molar-refractivity contribution is 0.264. The van der Waals surface area contributed by atoms with E-state index in [9.17, 15) is 0 Å². The molecule has 2 aromatic heterocycles. The first-order valence-electron chi connectivity index (χ1n) is 9.61. The summed E-state index contributed by atoms with van der Waals surface area (Å²) in [4.78, 5) is 14.3. The molecule has 0 aliphatic carbocycles. The summed E-state index contributed by atoms with van der Waals surface area (Å²) in [7, 11) is 0. The molecular weight excluding hydrogens is 356 g/mol. The molecule has 7 heteroatoms. The van der Waals surface area contributed by atoms with Gasteiger partial charge in [-0.25, -0.2) is 14.6 Å². The third-order valence-corrected chi connectivity index (χ3v) is 6.86. The Hall–Kier alpha value is -2.12. The highest BCUT2D eigenvalue weighted by Gasteiger charge is 2.38. The molecule has 6 nitrogen and oxygen atoms in total. The van der Waals surface area contributed by atoms with Gasteiger partial charge >= 0.3 is 0 Å². The van der Waals surface area contributed by atoms with Gasteiger partial charge in [-0.1, -0.05) is 18.2 Å². The molecule has 27 heavy (non-hydrogen) atoms. The van der Waals surface area contributed by atoms with E-state index in [1.54, 1.807) is 6.33 Å². The van der Waals surface area contributed by atoms with Crippen molar-refractivity contribution in [3.63, 3.8) is 0 Å². The van der Waals surface area contributed by atoms with Crippen LogP contribution >= 0.6 is 11.8 Å². The molecule has 2 aliphatic heterocycles. The summed E-state index contributed by atoms with van der Waals surface area (Å²) in [6.45, 7) is 4.54. The number of fused-ring (bicyclic) bond motifs is 1. The Morgan fingerprint density at radius 1 is 1.04 bits per heavy atom. The van der Waals surface area contributed by atoms with Crippen LogP contribution in [0.3, 0.4) is 0 Å². The summed E-state index contributed by atoms with van der Waals surface area (Å²) in [5, 5.41) is 6.26. The molecule has 2 saturated heterocycles. The Morgan fingerprint density at radius 2 is 1.85 bits per heavy atom. The number of anilines is 1. The van der Waals surface area contributed by atoms with Gasteiger partial charge in [0.2, 0.25) is 0 Å². The summed E-state index contributed by atoms with van der Waals surface area (Å²) in [5.74, 6) is 1.02. The Kier molecular flexibility index (Phi) is 4.49. The zero-order chi connectivity index (χ0) is 18.2. The van der Waals surface area contributed by atoms with E-state index in [1.165, 1.54) is 25.9 Å². The van der Waals surface area contributed by atoms with Crippen LogP contribution in [0.25, 0.3) is 16.7 Å². The van der Waals surface area contributed by atoms with E-state index in [-0.39, 0.29) is 0 Å². The minimum atomic E-state index is 0.608.